The number of carbonyl (C=O) groups is 1. The molecule has 0 aromatic heterocycles. The summed E-state index contributed by atoms with van der Waals surface area (Å²) in [5, 5.41) is 0. The Hall–Kier alpha value is -3.02. The average Bonchev–Trinajstić information content (AvgIpc) is 3.20. The molecule has 1 amide bonds. The van der Waals surface area contributed by atoms with Crippen molar-refractivity contribution in [1.29, 1.82) is 0 Å². The molecule has 2 heterocycles. The van der Waals surface area contributed by atoms with Crippen LogP contribution in [0.25, 0.3) is 0 Å². The van der Waals surface area contributed by atoms with Gasteiger partial charge >= 0.3 is 0 Å². The largest absolute Gasteiger partial charge is 0.497 e. The Labute approximate surface area is 172 Å². The molecule has 0 saturated carbocycles. The van der Waals surface area contributed by atoms with Crippen molar-refractivity contribution in [2.75, 3.05) is 40.4 Å². The molecule has 3 rings (SSSR count). The molecular weight excluding hydrogens is 366 g/mol. The highest BCUT2D eigenvalue weighted by Crippen LogP contribution is 2.24. The van der Waals surface area contributed by atoms with Gasteiger partial charge in [0.05, 0.1) is 20.8 Å². The zero-order valence-corrected chi connectivity index (χ0v) is 17.2. The molecule has 6 nitrogen and oxygen atoms in total. The second-order valence-corrected chi connectivity index (χ2v) is 6.92. The summed E-state index contributed by atoms with van der Waals surface area (Å²) in [4.78, 5) is 21.8. The van der Waals surface area contributed by atoms with Gasteiger partial charge in [0, 0.05) is 55.8 Å². The van der Waals surface area contributed by atoms with Crippen molar-refractivity contribution in [3.8, 4) is 11.5 Å². The van der Waals surface area contributed by atoms with E-state index in [0.29, 0.717) is 36.7 Å². The summed E-state index contributed by atoms with van der Waals surface area (Å²) < 4.78 is 10.6. The SMILES string of the molecule is COc1cc(OC)cc(C(=O)N2CCN=C/C=C\CC=CN3CCC=C3CC2)c1. The van der Waals surface area contributed by atoms with Gasteiger partial charge < -0.3 is 19.3 Å². The molecule has 0 unspecified atom stereocenters. The van der Waals surface area contributed by atoms with Gasteiger partial charge in [-0.1, -0.05) is 18.2 Å². The predicted molar refractivity (Wildman–Crippen MR) is 116 cm³/mol. The van der Waals surface area contributed by atoms with Crippen molar-refractivity contribution in [2.24, 2.45) is 4.99 Å². The fourth-order valence-corrected chi connectivity index (χ4v) is 3.44. The quantitative estimate of drug-likeness (QED) is 0.784. The first kappa shape index (κ1) is 20.7. The Morgan fingerprint density at radius 3 is 2.59 bits per heavy atom. The van der Waals surface area contributed by atoms with Gasteiger partial charge in [-0.25, -0.2) is 0 Å². The number of hydrogen-bond acceptors (Lipinski definition) is 5. The van der Waals surface area contributed by atoms with Crippen molar-refractivity contribution in [3.05, 3.63) is 60.0 Å². The lowest BCUT2D eigenvalue weighted by Crippen LogP contribution is -2.35. The number of ether oxygens (including phenoxy) is 2. The van der Waals surface area contributed by atoms with Crippen molar-refractivity contribution in [2.45, 2.75) is 19.3 Å². The molecule has 1 aromatic rings. The third-order valence-electron chi connectivity index (χ3n) is 5.03. The fourth-order valence-electron chi connectivity index (χ4n) is 3.44. The first-order valence-electron chi connectivity index (χ1n) is 10.0. The highest BCUT2D eigenvalue weighted by atomic mass is 16.5. The molecular formula is C23H29N3O3. The Morgan fingerprint density at radius 2 is 1.83 bits per heavy atom. The second-order valence-electron chi connectivity index (χ2n) is 6.92. The number of amides is 1. The van der Waals surface area contributed by atoms with Crippen LogP contribution in [0.3, 0.4) is 0 Å². The van der Waals surface area contributed by atoms with Gasteiger partial charge in [-0.15, -0.1) is 0 Å². The van der Waals surface area contributed by atoms with E-state index in [-0.39, 0.29) is 5.91 Å². The highest BCUT2D eigenvalue weighted by Gasteiger charge is 2.20. The van der Waals surface area contributed by atoms with Crippen molar-refractivity contribution >= 4 is 12.1 Å². The summed E-state index contributed by atoms with van der Waals surface area (Å²) in [5.41, 5.74) is 1.83. The molecule has 0 radical (unpaired) electrons. The van der Waals surface area contributed by atoms with Crippen LogP contribution in [0, 0.1) is 0 Å². The van der Waals surface area contributed by atoms with Crippen LogP contribution in [0.4, 0.5) is 0 Å². The van der Waals surface area contributed by atoms with Gasteiger partial charge in [0.25, 0.3) is 5.91 Å². The van der Waals surface area contributed by atoms with Crippen LogP contribution in [0.15, 0.2) is 59.4 Å². The lowest BCUT2D eigenvalue weighted by atomic mass is 10.1. The first-order valence-corrected chi connectivity index (χ1v) is 10.0. The van der Waals surface area contributed by atoms with Crippen molar-refractivity contribution in [1.82, 2.24) is 9.80 Å². The molecule has 0 spiro atoms. The van der Waals surface area contributed by atoms with Gasteiger partial charge in [0.2, 0.25) is 0 Å². The van der Waals surface area contributed by atoms with E-state index >= 15 is 0 Å². The standard InChI is InChI=1S/C23H29N3O3/c1-28-21-16-19(17-22(18-21)29-2)23(27)26-14-9-20-8-7-13-25(20)12-6-4-3-5-10-24-11-15-26/h3,5-6,8,10,12,16-18H,4,7,9,11,13-15H2,1-2H3/b5-3-,12-6?,24-10?. The maximum atomic E-state index is 13.3. The van der Waals surface area contributed by atoms with Gasteiger partial charge in [0.1, 0.15) is 11.5 Å². The lowest BCUT2D eigenvalue weighted by Gasteiger charge is -2.25. The third-order valence-corrected chi connectivity index (χ3v) is 5.03. The van der Waals surface area contributed by atoms with Gasteiger partial charge in [0.15, 0.2) is 0 Å². The third kappa shape index (κ3) is 5.73. The molecule has 2 aliphatic rings. The topological polar surface area (TPSA) is 54.4 Å². The lowest BCUT2D eigenvalue weighted by molar-refractivity contribution is 0.0759. The van der Waals surface area contributed by atoms with E-state index in [1.807, 2.05) is 11.0 Å². The molecule has 6 heteroatoms. The Morgan fingerprint density at radius 1 is 1.03 bits per heavy atom. The zero-order chi connectivity index (χ0) is 20.5. The summed E-state index contributed by atoms with van der Waals surface area (Å²) >= 11 is 0. The van der Waals surface area contributed by atoms with Gasteiger partial charge in [-0.2, -0.15) is 0 Å². The molecule has 0 N–H and O–H groups in total. The van der Waals surface area contributed by atoms with Crippen molar-refractivity contribution in [3.63, 3.8) is 0 Å². The number of hydrogen-bond donors (Lipinski definition) is 0. The average molecular weight is 396 g/mol. The van der Waals surface area contributed by atoms with E-state index in [4.69, 9.17) is 9.47 Å². The monoisotopic (exact) mass is 395 g/mol. The minimum absolute atomic E-state index is 0.0410. The molecule has 154 valence electrons. The fraction of sp³-hybridized carbons (Fsp3) is 0.391. The highest BCUT2D eigenvalue weighted by molar-refractivity contribution is 5.95. The molecule has 0 saturated heterocycles. The van der Waals surface area contributed by atoms with Gasteiger partial charge in [-0.3, -0.25) is 9.79 Å². The summed E-state index contributed by atoms with van der Waals surface area (Å²) in [6.45, 7) is 2.76. The predicted octanol–water partition coefficient (Wildman–Crippen LogP) is 3.67. The number of methoxy groups -OCH3 is 2. The molecule has 29 heavy (non-hydrogen) atoms. The Bertz CT molecular complexity index is 804. The van der Waals surface area contributed by atoms with Crippen LogP contribution in [0.5, 0.6) is 11.5 Å². The molecule has 0 aliphatic carbocycles. The molecule has 0 atom stereocenters. The van der Waals surface area contributed by atoms with E-state index in [0.717, 1.165) is 25.8 Å². The van der Waals surface area contributed by atoms with Crippen LogP contribution >= 0.6 is 0 Å². The van der Waals surface area contributed by atoms with E-state index < -0.39 is 0 Å². The van der Waals surface area contributed by atoms with E-state index in [9.17, 15) is 4.79 Å². The maximum Gasteiger partial charge on any atom is 0.254 e. The number of benzene rings is 1. The van der Waals surface area contributed by atoms with Crippen LogP contribution in [-0.4, -0.2) is 62.3 Å². The minimum Gasteiger partial charge on any atom is -0.497 e. The second kappa shape index (κ2) is 10.5. The normalized spacial score (nSPS) is 18.6. The first-order chi connectivity index (χ1) is 14.2. The van der Waals surface area contributed by atoms with Gasteiger partial charge in [-0.05, 0) is 31.1 Å². The van der Waals surface area contributed by atoms with E-state index in [1.54, 1.807) is 38.6 Å². The number of carbonyl (C=O) groups excluding carboxylic acids is 1. The van der Waals surface area contributed by atoms with Crippen LogP contribution < -0.4 is 9.47 Å². The summed E-state index contributed by atoms with van der Waals surface area (Å²) in [5.74, 6) is 1.17. The molecule has 0 bridgehead atoms. The Balaban J connectivity index is 1.81. The van der Waals surface area contributed by atoms with E-state index in [2.05, 4.69) is 34.3 Å². The number of aliphatic imine (C=N–C) groups is 1. The minimum atomic E-state index is -0.0410. The summed E-state index contributed by atoms with van der Waals surface area (Å²) in [6, 6.07) is 5.28. The van der Waals surface area contributed by atoms with E-state index in [1.165, 1.54) is 5.70 Å². The molecule has 1 aromatic carbocycles. The number of nitrogens with zero attached hydrogens (tertiary/aromatic N) is 3. The number of allylic oxidation sites excluding steroid dienone is 3. The molecule has 0 fully saturated rings. The zero-order valence-electron chi connectivity index (χ0n) is 17.2. The van der Waals surface area contributed by atoms with Crippen LogP contribution in [0.1, 0.15) is 29.6 Å². The van der Waals surface area contributed by atoms with Crippen LogP contribution in [0.2, 0.25) is 0 Å². The van der Waals surface area contributed by atoms with Crippen LogP contribution in [-0.2, 0) is 0 Å². The smallest absolute Gasteiger partial charge is 0.254 e. The Kier molecular flexibility index (Phi) is 7.50. The van der Waals surface area contributed by atoms with Crippen molar-refractivity contribution < 1.29 is 14.3 Å². The number of fused-ring (bicyclic) bond motifs is 1. The maximum absolute atomic E-state index is 13.3. The summed E-state index contributed by atoms with van der Waals surface area (Å²) in [7, 11) is 3.17. The molecule has 2 aliphatic heterocycles. The number of rotatable bonds is 3. The summed E-state index contributed by atoms with van der Waals surface area (Å²) in [6.07, 6.45) is 15.1.